The molecule has 7 amide bonds. The number of fused-ring (bicyclic) bond motifs is 1. The number of epoxide rings is 1. The maximum atomic E-state index is 14.3. The van der Waals surface area contributed by atoms with Crippen LogP contribution in [-0.4, -0.2) is 187 Å². The van der Waals surface area contributed by atoms with Crippen LogP contribution in [0.3, 0.4) is 0 Å². The molecule has 3 aliphatic heterocycles. The third kappa shape index (κ3) is 18.1. The monoisotopic (exact) mass is 1010 g/mol. The Bertz CT molecular complexity index is 1950. The van der Waals surface area contributed by atoms with Crippen LogP contribution in [-0.2, 0) is 54.3 Å². The topological polar surface area (TPSA) is 417 Å². The van der Waals surface area contributed by atoms with Crippen LogP contribution in [0.2, 0.25) is 0 Å². The van der Waals surface area contributed by atoms with E-state index >= 15 is 0 Å². The van der Waals surface area contributed by atoms with Crippen molar-refractivity contribution in [2.24, 2.45) is 23.1 Å². The highest BCUT2D eigenvalue weighted by Crippen LogP contribution is 2.28. The quantitative estimate of drug-likeness (QED) is 0.0684. The third-order valence-electron chi connectivity index (χ3n) is 12.1. The summed E-state index contributed by atoms with van der Waals surface area (Å²) in [6.07, 6.45) is -5.19. The first-order chi connectivity index (χ1) is 33.8. The molecule has 0 radical (unpaired) electrons. The van der Waals surface area contributed by atoms with E-state index in [9.17, 15) is 53.7 Å². The maximum Gasteiger partial charge on any atom is 0.245 e. The summed E-state index contributed by atoms with van der Waals surface area (Å²) in [5.41, 5.74) is 18.3. The van der Waals surface area contributed by atoms with E-state index in [2.05, 4.69) is 53.2 Å². The van der Waals surface area contributed by atoms with Gasteiger partial charge in [-0.3, -0.25) is 54.3 Å². The van der Waals surface area contributed by atoms with E-state index in [0.29, 0.717) is 5.56 Å². The number of carbonyl (C=O) groups excluding carboxylic acids is 8. The minimum Gasteiger partial charge on any atom is -0.394 e. The first-order valence-corrected chi connectivity index (χ1v) is 24.1. The summed E-state index contributed by atoms with van der Waals surface area (Å²) in [6.45, 7) is 4.55. The standard InChI is InChI=1S/C45H75N13O13/c1-22(2)18-30-39(65)53-27(11-15-47)36(62)51-26(10-14-46)33(61)20-50-34(23(3)60)42(68)49-17-13-29(54-41(67)32(21-59)57-43(69)35-24(4)70-45-44(58-35)71-45)38(64)52-28(12-16-48)37(63)56-31(40(66)55-30)19-25-8-6-5-7-9-25/h5-9,22-24,26-32,34-35,40,44-45,50,55,58-60,66H,10-21,46-48H2,1-4H3,(H,49,68)(H,51,62)(H,52,64)(H,53,65)(H,54,67)(H,56,63)(H,57,69)/t23-,24-,26+,27+,28?,29+,30+,31-,32-,34?,35?,40?,44?,45?/m1/s1. The Morgan fingerprint density at radius 2 is 1.38 bits per heavy atom. The molecule has 1 aromatic carbocycles. The highest BCUT2D eigenvalue weighted by atomic mass is 16.8. The van der Waals surface area contributed by atoms with E-state index in [4.69, 9.17) is 26.7 Å². The van der Waals surface area contributed by atoms with Crippen LogP contribution in [0.15, 0.2) is 30.3 Å². The van der Waals surface area contributed by atoms with Crippen LogP contribution in [0.1, 0.15) is 65.4 Å². The summed E-state index contributed by atoms with van der Waals surface area (Å²) < 4.78 is 10.8. The van der Waals surface area contributed by atoms with Crippen LogP contribution in [0.5, 0.6) is 0 Å². The number of hydrogen-bond donors (Lipinski definition) is 16. The largest absolute Gasteiger partial charge is 0.394 e. The van der Waals surface area contributed by atoms with E-state index in [1.165, 1.54) is 6.92 Å². The summed E-state index contributed by atoms with van der Waals surface area (Å²) in [5.74, 6) is -6.54. The predicted molar refractivity (Wildman–Crippen MR) is 254 cm³/mol. The lowest BCUT2D eigenvalue weighted by atomic mass is 9.99. The normalized spacial score (nSPS) is 30.7. The van der Waals surface area contributed by atoms with Crippen LogP contribution < -0.4 is 70.4 Å². The molecule has 3 fully saturated rings. The fourth-order valence-electron chi connectivity index (χ4n) is 8.08. The molecule has 0 saturated carbocycles. The molecule has 6 unspecified atom stereocenters. The van der Waals surface area contributed by atoms with Gasteiger partial charge in [0.25, 0.3) is 0 Å². The van der Waals surface area contributed by atoms with Crippen molar-refractivity contribution >= 4 is 47.1 Å². The van der Waals surface area contributed by atoms with Crippen molar-refractivity contribution in [3.8, 4) is 0 Å². The van der Waals surface area contributed by atoms with Gasteiger partial charge in [0.15, 0.2) is 18.3 Å². The number of ether oxygens (including phenoxy) is 2. The lowest BCUT2D eigenvalue weighted by Gasteiger charge is -2.32. The summed E-state index contributed by atoms with van der Waals surface area (Å²) in [5, 5.41) is 59.5. The lowest BCUT2D eigenvalue weighted by molar-refractivity contribution is -0.137. The van der Waals surface area contributed by atoms with Crippen molar-refractivity contribution in [2.45, 2.75) is 152 Å². The zero-order valence-corrected chi connectivity index (χ0v) is 40.7. The van der Waals surface area contributed by atoms with Gasteiger partial charge in [-0.1, -0.05) is 44.2 Å². The minimum atomic E-state index is -1.63. The smallest absolute Gasteiger partial charge is 0.245 e. The number of Topliss-reactive ketones (excluding diaryl/α,β-unsaturated/α-hetero) is 1. The van der Waals surface area contributed by atoms with E-state index in [1.807, 2.05) is 13.8 Å². The highest BCUT2D eigenvalue weighted by molar-refractivity contribution is 5.96. The third-order valence-corrected chi connectivity index (χ3v) is 12.1. The number of benzene rings is 1. The predicted octanol–water partition coefficient (Wildman–Crippen LogP) is -7.01. The van der Waals surface area contributed by atoms with Gasteiger partial charge in [0.05, 0.1) is 43.5 Å². The molecule has 1 aromatic rings. The van der Waals surface area contributed by atoms with Gasteiger partial charge in [0, 0.05) is 6.54 Å². The van der Waals surface area contributed by atoms with Gasteiger partial charge < -0.3 is 79.2 Å². The molecule has 0 spiro atoms. The van der Waals surface area contributed by atoms with Gasteiger partial charge in [-0.2, -0.15) is 0 Å². The van der Waals surface area contributed by atoms with Gasteiger partial charge >= 0.3 is 0 Å². The van der Waals surface area contributed by atoms with Crippen molar-refractivity contribution in [1.29, 1.82) is 0 Å². The first kappa shape index (κ1) is 58.3. The van der Waals surface area contributed by atoms with Gasteiger partial charge in [0.2, 0.25) is 41.4 Å². The van der Waals surface area contributed by atoms with E-state index in [1.54, 1.807) is 37.3 Å². The molecule has 4 rings (SSSR count). The molecule has 0 bridgehead atoms. The highest BCUT2D eigenvalue weighted by Gasteiger charge is 2.50. The number of ketones is 1. The van der Waals surface area contributed by atoms with Crippen molar-refractivity contribution in [3.05, 3.63) is 35.9 Å². The average molecular weight is 1010 g/mol. The van der Waals surface area contributed by atoms with Crippen molar-refractivity contribution in [1.82, 2.24) is 53.2 Å². The van der Waals surface area contributed by atoms with Crippen LogP contribution in [0.4, 0.5) is 0 Å². The van der Waals surface area contributed by atoms with Crippen molar-refractivity contribution in [3.63, 3.8) is 0 Å². The molecular weight excluding hydrogens is 931 g/mol. The van der Waals surface area contributed by atoms with Crippen LogP contribution in [0.25, 0.3) is 0 Å². The molecule has 3 heterocycles. The van der Waals surface area contributed by atoms with Crippen LogP contribution in [0, 0.1) is 5.92 Å². The number of hydrogen-bond acceptors (Lipinski definition) is 19. The SMILES string of the molecule is CC(C)C[C@@H]1NC(O)[C@@H](Cc2ccccc2)NC(=O)C(CCN)NC(=O)[C@@H](NC(=O)[C@@H](CO)NC(=O)C2NC3OC3O[C@@H]2C)CCNC(=O)C([C@@H](C)O)NCC(=O)[C@H](CCN)NC(=O)[C@H](CCN)NC1=O. The second kappa shape index (κ2) is 28.7. The number of nitrogens with one attached hydrogen (secondary N) is 10. The molecule has 19 N–H and O–H groups in total. The van der Waals surface area contributed by atoms with E-state index < -0.39 is 146 Å². The fraction of sp³-hybridized carbons (Fsp3) is 0.689. The second-order valence-corrected chi connectivity index (χ2v) is 18.4. The number of amides is 7. The van der Waals surface area contributed by atoms with Gasteiger partial charge in [0.1, 0.15) is 42.5 Å². The van der Waals surface area contributed by atoms with Gasteiger partial charge in [-0.25, -0.2) is 0 Å². The molecule has 398 valence electrons. The summed E-state index contributed by atoms with van der Waals surface area (Å²) in [4.78, 5) is 111. The zero-order valence-electron chi connectivity index (χ0n) is 40.7. The van der Waals surface area contributed by atoms with E-state index in [-0.39, 0.29) is 70.6 Å². The molecular formula is C45H75N13O13. The Morgan fingerprint density at radius 1 is 0.789 bits per heavy atom. The number of aliphatic hydroxyl groups is 3. The molecule has 3 aliphatic rings. The molecule has 3 saturated heterocycles. The Labute approximate surface area is 412 Å². The zero-order chi connectivity index (χ0) is 52.4. The Balaban J connectivity index is 1.70. The molecule has 71 heavy (non-hydrogen) atoms. The molecule has 0 aliphatic carbocycles. The van der Waals surface area contributed by atoms with Crippen molar-refractivity contribution in [2.75, 3.05) is 39.3 Å². The number of nitrogens with two attached hydrogens (primary N) is 3. The number of aliphatic hydroxyl groups excluding tert-OH is 3. The second-order valence-electron chi connectivity index (χ2n) is 18.4. The number of rotatable bonds is 16. The maximum absolute atomic E-state index is 14.3. The fourth-order valence-corrected chi connectivity index (χ4v) is 8.08. The molecule has 0 aromatic heterocycles. The minimum absolute atomic E-state index is 0.0132. The summed E-state index contributed by atoms with van der Waals surface area (Å²) in [6, 6.07) is -2.93. The van der Waals surface area contributed by atoms with Gasteiger partial charge in [-0.05, 0) is 83.5 Å². The number of carbonyl (C=O) groups is 8. The Hall–Kier alpha value is -5.26. The molecule has 26 heteroatoms. The molecule has 26 nitrogen and oxygen atoms in total. The van der Waals surface area contributed by atoms with Gasteiger partial charge in [-0.15, -0.1) is 0 Å². The number of morpholine rings is 1. The van der Waals surface area contributed by atoms with Crippen LogP contribution >= 0.6 is 0 Å². The Morgan fingerprint density at radius 3 is 1.99 bits per heavy atom. The first-order valence-electron chi connectivity index (χ1n) is 24.1. The summed E-state index contributed by atoms with van der Waals surface area (Å²) in [7, 11) is 0. The Kier molecular flexibility index (Phi) is 23.6. The summed E-state index contributed by atoms with van der Waals surface area (Å²) >= 11 is 0. The van der Waals surface area contributed by atoms with E-state index in [0.717, 1.165) is 0 Å². The van der Waals surface area contributed by atoms with Crippen molar-refractivity contribution < 1.29 is 63.1 Å². The molecule has 14 atom stereocenters. The lowest BCUT2D eigenvalue weighted by Crippen LogP contribution is -2.63. The average Bonchev–Trinajstić information content (AvgIpc) is 4.09.